The topological polar surface area (TPSA) is 162 Å². The number of rotatable bonds is 8. The number of ether oxygens (including phenoxy) is 1. The Morgan fingerprint density at radius 3 is 2.51 bits per heavy atom. The van der Waals surface area contributed by atoms with Crippen molar-refractivity contribution in [3.63, 3.8) is 0 Å². The number of primary amides is 1. The summed E-state index contributed by atoms with van der Waals surface area (Å²) in [5, 5.41) is 10.3. The van der Waals surface area contributed by atoms with Crippen LogP contribution in [0.1, 0.15) is 44.1 Å². The number of hydrogen-bond acceptors (Lipinski definition) is 7. The number of anilines is 1. The molecule has 4 amide bonds. The van der Waals surface area contributed by atoms with Crippen LogP contribution in [0.5, 0.6) is 0 Å². The van der Waals surface area contributed by atoms with Gasteiger partial charge in [0.15, 0.2) is 5.69 Å². The second-order valence-electron chi connectivity index (χ2n) is 10.3. The molecule has 39 heavy (non-hydrogen) atoms. The minimum Gasteiger partial charge on any atom is -0.444 e. The number of hydrogen-bond donors (Lipinski definition) is 3. The number of pyridine rings is 1. The van der Waals surface area contributed by atoms with Gasteiger partial charge in [0.1, 0.15) is 29.1 Å². The van der Waals surface area contributed by atoms with Gasteiger partial charge in [0.2, 0.25) is 11.8 Å². The molecule has 12 nitrogen and oxygen atoms in total. The van der Waals surface area contributed by atoms with E-state index < -0.39 is 23.5 Å². The molecular formula is C26H30BrN7O5. The molecule has 4 rings (SSSR count). The van der Waals surface area contributed by atoms with Crippen LogP contribution in [0, 0.1) is 0 Å². The van der Waals surface area contributed by atoms with Crippen molar-refractivity contribution in [1.82, 2.24) is 25.0 Å². The smallest absolute Gasteiger partial charge is 0.407 e. The minimum absolute atomic E-state index is 0.0636. The Bertz CT molecular complexity index is 1410. The molecule has 206 valence electrons. The lowest BCUT2D eigenvalue weighted by Gasteiger charge is -2.42. The molecule has 0 atom stereocenters. The van der Waals surface area contributed by atoms with Gasteiger partial charge in [0.05, 0.1) is 5.52 Å². The number of nitrogens with one attached hydrogen (secondary N) is 2. The Labute approximate surface area is 233 Å². The number of benzene rings is 1. The van der Waals surface area contributed by atoms with Crippen molar-refractivity contribution in [2.75, 3.05) is 11.9 Å². The molecule has 0 saturated heterocycles. The summed E-state index contributed by atoms with van der Waals surface area (Å²) in [6.07, 6.45) is 0.351. The van der Waals surface area contributed by atoms with Crippen LogP contribution in [-0.2, 0) is 20.9 Å². The normalized spacial score (nSPS) is 16.7. The molecule has 0 spiro atoms. The van der Waals surface area contributed by atoms with Gasteiger partial charge in [0, 0.05) is 17.5 Å². The molecule has 3 aromatic rings. The Morgan fingerprint density at radius 2 is 1.85 bits per heavy atom. The lowest BCUT2D eigenvalue weighted by Crippen LogP contribution is -2.57. The Kier molecular flexibility index (Phi) is 8.19. The predicted octanol–water partition coefficient (Wildman–Crippen LogP) is 2.82. The van der Waals surface area contributed by atoms with Gasteiger partial charge in [-0.1, -0.05) is 24.3 Å². The van der Waals surface area contributed by atoms with E-state index in [2.05, 4.69) is 36.6 Å². The highest BCUT2D eigenvalue weighted by molar-refractivity contribution is 9.10. The average Bonchev–Trinajstić information content (AvgIpc) is 3.17. The highest BCUT2D eigenvalue weighted by Crippen LogP contribution is 2.27. The van der Waals surface area contributed by atoms with Gasteiger partial charge >= 0.3 is 6.09 Å². The molecule has 2 aromatic heterocycles. The molecule has 0 radical (unpaired) electrons. The van der Waals surface area contributed by atoms with Gasteiger partial charge in [-0.05, 0) is 67.7 Å². The van der Waals surface area contributed by atoms with Crippen LogP contribution in [0.2, 0.25) is 0 Å². The van der Waals surface area contributed by atoms with E-state index in [1.54, 1.807) is 63.2 Å². The monoisotopic (exact) mass is 599 g/mol. The Balaban J connectivity index is 1.50. The molecule has 0 aliphatic heterocycles. The summed E-state index contributed by atoms with van der Waals surface area (Å²) in [6, 6.07) is 11.5. The number of nitrogens with two attached hydrogens (primary N) is 1. The summed E-state index contributed by atoms with van der Waals surface area (Å²) in [7, 11) is 0. The summed E-state index contributed by atoms with van der Waals surface area (Å²) >= 11 is 3.27. The predicted molar refractivity (Wildman–Crippen MR) is 147 cm³/mol. The van der Waals surface area contributed by atoms with Crippen molar-refractivity contribution in [1.29, 1.82) is 0 Å². The van der Waals surface area contributed by atoms with Crippen LogP contribution in [0.4, 0.5) is 10.6 Å². The maximum atomic E-state index is 13.6. The molecular weight excluding hydrogens is 570 g/mol. The van der Waals surface area contributed by atoms with Crippen LogP contribution < -0.4 is 16.4 Å². The molecule has 1 saturated carbocycles. The highest BCUT2D eigenvalue weighted by Gasteiger charge is 2.38. The number of amides is 4. The third kappa shape index (κ3) is 7.11. The summed E-state index contributed by atoms with van der Waals surface area (Å²) < 4.78 is 7.28. The maximum absolute atomic E-state index is 13.6. The number of alkyl carbamates (subject to hydrolysis) is 1. The summed E-state index contributed by atoms with van der Waals surface area (Å²) in [5.74, 6) is -1.17. The fourth-order valence-corrected chi connectivity index (χ4v) is 4.66. The van der Waals surface area contributed by atoms with Crippen LogP contribution in [-0.4, -0.2) is 67.7 Å². The second kappa shape index (κ2) is 11.4. The minimum atomic E-state index is -0.704. The molecule has 0 bridgehead atoms. The molecule has 1 aliphatic carbocycles. The van der Waals surface area contributed by atoms with Crippen molar-refractivity contribution in [2.45, 2.75) is 57.8 Å². The first-order valence-corrected chi connectivity index (χ1v) is 13.2. The molecule has 4 N–H and O–H groups in total. The van der Waals surface area contributed by atoms with Crippen molar-refractivity contribution in [3.8, 4) is 0 Å². The molecule has 0 unspecified atom stereocenters. The molecule has 1 aliphatic rings. The van der Waals surface area contributed by atoms with E-state index in [4.69, 9.17) is 10.5 Å². The zero-order valence-electron chi connectivity index (χ0n) is 21.8. The number of fused-ring (bicyclic) bond motifs is 1. The SMILES string of the molecule is CC(C)(C)OC(=O)N[C@H]1C[C@H](N(CC(=O)Nc2cccc(Br)n2)C(=O)Cn2nc(C(N)=O)c3ccccc32)C1. The molecule has 1 fully saturated rings. The quantitative estimate of drug-likeness (QED) is 0.335. The van der Waals surface area contributed by atoms with Crippen LogP contribution in [0.3, 0.4) is 0 Å². The number of halogens is 1. The number of nitrogens with zero attached hydrogens (tertiary/aromatic N) is 4. The van der Waals surface area contributed by atoms with Gasteiger partial charge in [-0.15, -0.1) is 0 Å². The summed E-state index contributed by atoms with van der Waals surface area (Å²) in [6.45, 7) is 4.88. The fraction of sp³-hybridized carbons (Fsp3) is 0.385. The van der Waals surface area contributed by atoms with Crippen molar-refractivity contribution in [2.24, 2.45) is 5.73 Å². The summed E-state index contributed by atoms with van der Waals surface area (Å²) in [4.78, 5) is 56.2. The Hall–Kier alpha value is -4.00. The average molecular weight is 600 g/mol. The van der Waals surface area contributed by atoms with Crippen LogP contribution >= 0.6 is 15.9 Å². The second-order valence-corrected chi connectivity index (χ2v) is 11.1. The first-order chi connectivity index (χ1) is 18.4. The maximum Gasteiger partial charge on any atom is 0.407 e. The number of carbonyl (C=O) groups is 4. The first kappa shape index (κ1) is 28.0. The molecule has 1 aromatic carbocycles. The van der Waals surface area contributed by atoms with Gasteiger partial charge in [-0.3, -0.25) is 19.1 Å². The lowest BCUT2D eigenvalue weighted by molar-refractivity contribution is -0.140. The molecule has 13 heteroatoms. The van der Waals surface area contributed by atoms with E-state index in [9.17, 15) is 19.2 Å². The number of aromatic nitrogens is 3. The van der Waals surface area contributed by atoms with Crippen molar-refractivity contribution in [3.05, 3.63) is 52.8 Å². The van der Waals surface area contributed by atoms with E-state index in [1.165, 1.54) is 9.58 Å². The third-order valence-corrected chi connectivity index (χ3v) is 6.51. The van der Waals surface area contributed by atoms with Crippen molar-refractivity contribution < 1.29 is 23.9 Å². The first-order valence-electron chi connectivity index (χ1n) is 12.4. The largest absolute Gasteiger partial charge is 0.444 e. The highest BCUT2D eigenvalue weighted by atomic mass is 79.9. The van der Waals surface area contributed by atoms with E-state index in [0.717, 1.165) is 0 Å². The van der Waals surface area contributed by atoms with Gasteiger partial charge in [0.25, 0.3) is 5.91 Å². The zero-order chi connectivity index (χ0) is 28.3. The standard InChI is InChI=1S/C26H30BrN7O5/c1-26(2,3)39-25(38)29-15-11-16(12-15)33(13-21(35)31-20-10-6-9-19(27)30-20)22(36)14-34-18-8-5-4-7-17(18)23(32-34)24(28)37/h4-10,15-16H,11-14H2,1-3H3,(H2,28,37)(H,29,38)(H,30,31,35)/t15-,16-. The Morgan fingerprint density at radius 1 is 1.13 bits per heavy atom. The fourth-order valence-electron chi connectivity index (χ4n) is 4.32. The lowest BCUT2D eigenvalue weighted by atomic mass is 9.85. The van der Waals surface area contributed by atoms with Crippen LogP contribution in [0.15, 0.2) is 47.1 Å². The van der Waals surface area contributed by atoms with Crippen LogP contribution in [0.25, 0.3) is 10.9 Å². The number of carbonyl (C=O) groups excluding carboxylic acids is 4. The van der Waals surface area contributed by atoms with E-state index in [0.29, 0.717) is 34.2 Å². The van der Waals surface area contributed by atoms with Gasteiger partial charge in [-0.2, -0.15) is 5.10 Å². The van der Waals surface area contributed by atoms with E-state index in [-0.39, 0.29) is 36.8 Å². The molecule has 2 heterocycles. The third-order valence-electron chi connectivity index (χ3n) is 6.07. The van der Waals surface area contributed by atoms with Crippen molar-refractivity contribution >= 4 is 56.5 Å². The van der Waals surface area contributed by atoms with Gasteiger partial charge in [-0.25, -0.2) is 9.78 Å². The van der Waals surface area contributed by atoms with E-state index in [1.807, 2.05) is 0 Å². The van der Waals surface area contributed by atoms with Gasteiger partial charge < -0.3 is 26.0 Å². The van der Waals surface area contributed by atoms with E-state index >= 15 is 0 Å². The summed E-state index contributed by atoms with van der Waals surface area (Å²) in [5.41, 5.74) is 5.49. The number of para-hydroxylation sites is 1. The zero-order valence-corrected chi connectivity index (χ0v) is 23.4.